The molecule has 7 heteroatoms. The Morgan fingerprint density at radius 1 is 1.09 bits per heavy atom. The molecule has 2 fully saturated rings. The Morgan fingerprint density at radius 3 is 2.30 bits per heavy atom. The third-order valence-electron chi connectivity index (χ3n) is 7.24. The van der Waals surface area contributed by atoms with Crippen LogP contribution in [0.3, 0.4) is 0 Å². The normalized spacial score (nSPS) is 19.4. The van der Waals surface area contributed by atoms with Crippen molar-refractivity contribution in [1.82, 2.24) is 14.7 Å². The monoisotopic (exact) mass is 475 g/mol. The van der Waals surface area contributed by atoms with Crippen molar-refractivity contribution in [3.05, 3.63) is 41.3 Å². The molecule has 1 aliphatic carbocycles. The number of carbonyl (C=O) groups excluding carboxylic acids is 2. The van der Waals surface area contributed by atoms with Crippen molar-refractivity contribution in [3.8, 4) is 0 Å². The molecule has 1 heterocycles. The van der Waals surface area contributed by atoms with Crippen LogP contribution in [0.1, 0.15) is 51.0 Å². The summed E-state index contributed by atoms with van der Waals surface area (Å²) in [6.45, 7) is 7.39. The molecule has 2 amide bonds. The molecule has 0 aromatic heterocycles. The lowest BCUT2D eigenvalue weighted by atomic mass is 9.89. The molecule has 1 aromatic carbocycles. The van der Waals surface area contributed by atoms with Gasteiger partial charge in [0.15, 0.2) is 0 Å². The molecule has 2 aliphatic rings. The summed E-state index contributed by atoms with van der Waals surface area (Å²) >= 11 is 5.95. The minimum absolute atomic E-state index is 0.111. The summed E-state index contributed by atoms with van der Waals surface area (Å²) in [6, 6.07) is 8.07. The van der Waals surface area contributed by atoms with Crippen LogP contribution in [0.4, 0.5) is 0 Å². The molecule has 1 atom stereocenters. The van der Waals surface area contributed by atoms with Crippen molar-refractivity contribution in [2.45, 2.75) is 57.9 Å². The number of carbonyl (C=O) groups is 2. The van der Waals surface area contributed by atoms with Gasteiger partial charge in [-0.2, -0.15) is 0 Å². The number of primary amides is 1. The van der Waals surface area contributed by atoms with Gasteiger partial charge in [0.1, 0.15) is 0 Å². The molecular formula is C26H40ClN4O2. The summed E-state index contributed by atoms with van der Waals surface area (Å²) in [5.74, 6) is 0.496. The van der Waals surface area contributed by atoms with Gasteiger partial charge in [-0.3, -0.25) is 19.4 Å². The largest absolute Gasteiger partial charge is 0.369 e. The van der Waals surface area contributed by atoms with E-state index in [1.165, 1.54) is 38.5 Å². The number of nitrogens with zero attached hydrogens (tertiary/aromatic N) is 3. The quantitative estimate of drug-likeness (QED) is 0.527. The highest BCUT2D eigenvalue weighted by atomic mass is 35.5. The van der Waals surface area contributed by atoms with Gasteiger partial charge in [-0.05, 0) is 49.4 Å². The zero-order valence-electron chi connectivity index (χ0n) is 20.1. The molecule has 6 nitrogen and oxygen atoms in total. The van der Waals surface area contributed by atoms with E-state index in [1.54, 1.807) is 6.42 Å². The van der Waals surface area contributed by atoms with E-state index in [2.05, 4.69) is 16.7 Å². The highest BCUT2D eigenvalue weighted by molar-refractivity contribution is 6.30. The Labute approximate surface area is 204 Å². The van der Waals surface area contributed by atoms with Crippen molar-refractivity contribution in [1.29, 1.82) is 0 Å². The fraction of sp³-hybridized carbons (Fsp3) is 0.654. The molecule has 1 aliphatic heterocycles. The second-order valence-electron chi connectivity index (χ2n) is 9.51. The van der Waals surface area contributed by atoms with Gasteiger partial charge in [-0.25, -0.2) is 0 Å². The molecule has 0 spiro atoms. The van der Waals surface area contributed by atoms with Crippen LogP contribution < -0.4 is 5.73 Å². The van der Waals surface area contributed by atoms with Gasteiger partial charge in [0, 0.05) is 43.8 Å². The van der Waals surface area contributed by atoms with Gasteiger partial charge in [0.2, 0.25) is 11.8 Å². The summed E-state index contributed by atoms with van der Waals surface area (Å²) in [5, 5.41) is 0.710. The number of likely N-dealkylation sites (N-methyl/N-ethyl adjacent to an activating group) is 1. The summed E-state index contributed by atoms with van der Waals surface area (Å²) in [7, 11) is 0. The lowest BCUT2D eigenvalue weighted by Gasteiger charge is -2.44. The third-order valence-corrected chi connectivity index (χ3v) is 7.49. The van der Waals surface area contributed by atoms with Crippen molar-refractivity contribution < 1.29 is 9.59 Å². The minimum Gasteiger partial charge on any atom is -0.369 e. The maximum absolute atomic E-state index is 12.8. The molecular weight excluding hydrogens is 436 g/mol. The zero-order chi connectivity index (χ0) is 23.6. The van der Waals surface area contributed by atoms with E-state index in [9.17, 15) is 9.59 Å². The maximum Gasteiger partial charge on any atom is 0.231 e. The molecule has 183 valence electrons. The molecule has 33 heavy (non-hydrogen) atoms. The fourth-order valence-electron chi connectivity index (χ4n) is 5.28. The first-order valence-electron chi connectivity index (χ1n) is 12.6. The fourth-order valence-corrected chi connectivity index (χ4v) is 5.40. The van der Waals surface area contributed by atoms with E-state index in [1.807, 2.05) is 29.2 Å². The van der Waals surface area contributed by atoms with Crippen LogP contribution in [-0.4, -0.2) is 78.4 Å². The molecule has 1 aromatic rings. The van der Waals surface area contributed by atoms with E-state index in [0.717, 1.165) is 44.8 Å². The van der Waals surface area contributed by atoms with Crippen molar-refractivity contribution in [3.63, 3.8) is 0 Å². The van der Waals surface area contributed by atoms with Crippen LogP contribution in [0.25, 0.3) is 0 Å². The highest BCUT2D eigenvalue weighted by Crippen LogP contribution is 2.29. The molecule has 1 radical (unpaired) electrons. The first kappa shape index (κ1) is 26.0. The van der Waals surface area contributed by atoms with Gasteiger partial charge < -0.3 is 10.6 Å². The Balaban J connectivity index is 1.56. The van der Waals surface area contributed by atoms with E-state index in [4.69, 9.17) is 17.3 Å². The van der Waals surface area contributed by atoms with Gasteiger partial charge in [-0.1, -0.05) is 56.3 Å². The number of benzene rings is 1. The maximum atomic E-state index is 12.8. The molecule has 2 N–H and O–H groups in total. The lowest BCUT2D eigenvalue weighted by Crippen LogP contribution is -2.57. The van der Waals surface area contributed by atoms with E-state index < -0.39 is 0 Å². The first-order valence-corrected chi connectivity index (χ1v) is 12.9. The van der Waals surface area contributed by atoms with Crippen LogP contribution in [0.2, 0.25) is 5.02 Å². The van der Waals surface area contributed by atoms with Crippen LogP contribution in [0.15, 0.2) is 24.3 Å². The first-order chi connectivity index (χ1) is 16.0. The Hall–Kier alpha value is -1.63. The summed E-state index contributed by atoms with van der Waals surface area (Å²) in [5.41, 5.74) is 6.60. The van der Waals surface area contributed by atoms with Crippen LogP contribution in [0.5, 0.6) is 0 Å². The van der Waals surface area contributed by atoms with Crippen LogP contribution in [-0.2, 0) is 16.0 Å². The summed E-state index contributed by atoms with van der Waals surface area (Å²) in [6.07, 6.45) is 10.2. The van der Waals surface area contributed by atoms with Gasteiger partial charge in [-0.15, -0.1) is 0 Å². The summed E-state index contributed by atoms with van der Waals surface area (Å²) in [4.78, 5) is 31.1. The topological polar surface area (TPSA) is 69.9 Å². The molecule has 0 bridgehead atoms. The number of halogens is 1. The van der Waals surface area contributed by atoms with Gasteiger partial charge >= 0.3 is 0 Å². The van der Waals surface area contributed by atoms with Gasteiger partial charge in [0.25, 0.3) is 0 Å². The Bertz CT molecular complexity index is 741. The molecule has 1 saturated carbocycles. The van der Waals surface area contributed by atoms with Crippen LogP contribution in [0, 0.1) is 12.3 Å². The third kappa shape index (κ3) is 8.27. The van der Waals surface area contributed by atoms with Crippen molar-refractivity contribution in [2.75, 3.05) is 45.8 Å². The average molecular weight is 476 g/mol. The minimum atomic E-state index is -0.261. The molecule has 1 saturated heterocycles. The van der Waals surface area contributed by atoms with Crippen molar-refractivity contribution in [2.24, 2.45) is 11.7 Å². The predicted octanol–water partition coefficient (Wildman–Crippen LogP) is 3.38. The number of hydrogen-bond donors (Lipinski definition) is 1. The highest BCUT2D eigenvalue weighted by Gasteiger charge is 2.32. The average Bonchev–Trinajstić information content (AvgIpc) is 3.10. The number of amides is 2. The Morgan fingerprint density at radius 2 is 1.73 bits per heavy atom. The lowest BCUT2D eigenvalue weighted by molar-refractivity contribution is -0.130. The van der Waals surface area contributed by atoms with E-state index >= 15 is 0 Å². The van der Waals surface area contributed by atoms with Crippen molar-refractivity contribution >= 4 is 23.4 Å². The number of nitrogens with two attached hydrogens (primary N) is 1. The number of hydrogen-bond acceptors (Lipinski definition) is 4. The van der Waals surface area contributed by atoms with Crippen LogP contribution >= 0.6 is 11.6 Å². The standard InChI is InChI=1S/C26H40ClN4O2/c1-2-29(20-25(28)32)19-24(22-7-5-3-4-6-8-22)30-15-17-31(18-16-30)26(33)14-11-21-9-12-23(27)13-10-21/h9-10,12-14,22,24H,2-8,11,15-20H2,1H3,(H2,28,32). The predicted molar refractivity (Wildman–Crippen MR) is 134 cm³/mol. The number of rotatable bonds is 10. The zero-order valence-corrected chi connectivity index (χ0v) is 20.8. The Kier molecular flexibility index (Phi) is 10.5. The number of piperazine rings is 1. The smallest absolute Gasteiger partial charge is 0.231 e. The SMILES string of the molecule is CCN(CC(N)=O)CC(C1CCCCCC1)N1CCN(C(=O)[CH]Cc2ccc(Cl)cc2)CC1. The second kappa shape index (κ2) is 13.3. The second-order valence-corrected chi connectivity index (χ2v) is 9.95. The van der Waals surface area contributed by atoms with E-state index in [0.29, 0.717) is 29.9 Å². The summed E-state index contributed by atoms with van der Waals surface area (Å²) < 4.78 is 0. The molecule has 3 rings (SSSR count). The van der Waals surface area contributed by atoms with E-state index in [-0.39, 0.29) is 11.8 Å². The van der Waals surface area contributed by atoms with Gasteiger partial charge in [0.05, 0.1) is 13.0 Å². The molecule has 1 unspecified atom stereocenters.